The fourth-order valence-corrected chi connectivity index (χ4v) is 0.837. The van der Waals surface area contributed by atoms with E-state index < -0.39 is 0 Å². The second-order valence-corrected chi connectivity index (χ2v) is 4.55. The number of hydrogen-bond donors (Lipinski definition) is 0. The molecule has 0 unspecified atom stereocenters. The van der Waals surface area contributed by atoms with Crippen LogP contribution < -0.4 is 0 Å². The highest BCUT2D eigenvalue weighted by molar-refractivity contribution is 5.07. The van der Waals surface area contributed by atoms with E-state index in [-0.39, 0.29) is 0 Å². The van der Waals surface area contributed by atoms with Gasteiger partial charge in [0.05, 0.1) is 0 Å². The molecule has 13 heavy (non-hydrogen) atoms. The summed E-state index contributed by atoms with van der Waals surface area (Å²) < 4.78 is 0. The topological polar surface area (TPSA) is 0 Å². The molecule has 0 aliphatic rings. The highest BCUT2D eigenvalue weighted by Crippen LogP contribution is 2.27. The normalized spacial score (nSPS) is 13.7. The van der Waals surface area contributed by atoms with E-state index in [1.54, 1.807) is 0 Å². The van der Waals surface area contributed by atoms with E-state index in [4.69, 9.17) is 0 Å². The van der Waals surface area contributed by atoms with Crippen molar-refractivity contribution >= 4 is 0 Å². The predicted octanol–water partition coefficient (Wildman–Crippen LogP) is 4.58. The van der Waals surface area contributed by atoms with Gasteiger partial charge in [-0.1, -0.05) is 65.3 Å². The highest BCUT2D eigenvalue weighted by Gasteiger charge is 2.17. The molecule has 0 rings (SSSR count). The van der Waals surface area contributed by atoms with Gasteiger partial charge in [0.15, 0.2) is 0 Å². The van der Waals surface area contributed by atoms with Crippen molar-refractivity contribution < 1.29 is 0 Å². The summed E-state index contributed by atoms with van der Waals surface area (Å²) in [5, 5.41) is 0. The standard InChI is InChI=1S/C13H24/c1-6-7-8-9-10-11-13(4,5)12(2)3/h8-12H,6-7H2,1-5H3. The van der Waals surface area contributed by atoms with Gasteiger partial charge in [0.25, 0.3) is 0 Å². The molecule has 0 aromatic rings. The molecule has 0 aromatic carbocycles. The summed E-state index contributed by atoms with van der Waals surface area (Å²) in [4.78, 5) is 0. The molecule has 0 saturated heterocycles. The van der Waals surface area contributed by atoms with Crippen LogP contribution in [0.3, 0.4) is 0 Å². The van der Waals surface area contributed by atoms with E-state index in [1.807, 2.05) is 0 Å². The average Bonchev–Trinajstić information content (AvgIpc) is 2.03. The molecule has 0 heterocycles. The van der Waals surface area contributed by atoms with Crippen molar-refractivity contribution in [2.24, 2.45) is 11.3 Å². The maximum absolute atomic E-state index is 2.30. The summed E-state index contributed by atoms with van der Waals surface area (Å²) >= 11 is 0. The van der Waals surface area contributed by atoms with Crippen molar-refractivity contribution in [2.75, 3.05) is 0 Å². The van der Waals surface area contributed by atoms with Crippen molar-refractivity contribution in [1.29, 1.82) is 0 Å². The SMILES string of the molecule is CCCC=CC=CC(C)(C)C(C)C. The minimum Gasteiger partial charge on any atom is -0.0846 e. The summed E-state index contributed by atoms with van der Waals surface area (Å²) in [5.74, 6) is 0.698. The maximum Gasteiger partial charge on any atom is -0.0149 e. The third kappa shape index (κ3) is 5.68. The van der Waals surface area contributed by atoms with Crippen molar-refractivity contribution in [3.05, 3.63) is 24.3 Å². The Morgan fingerprint density at radius 2 is 1.77 bits per heavy atom. The first-order valence-electron chi connectivity index (χ1n) is 5.35. The molecule has 0 heteroatoms. The monoisotopic (exact) mass is 180 g/mol. The lowest BCUT2D eigenvalue weighted by Gasteiger charge is -2.24. The van der Waals surface area contributed by atoms with Crippen LogP contribution in [0.15, 0.2) is 24.3 Å². The Morgan fingerprint density at radius 1 is 1.15 bits per heavy atom. The van der Waals surface area contributed by atoms with E-state index in [9.17, 15) is 0 Å². The molecule has 0 aliphatic heterocycles. The Bertz CT molecular complexity index is 170. The molecule has 0 saturated carbocycles. The first-order valence-corrected chi connectivity index (χ1v) is 5.35. The van der Waals surface area contributed by atoms with Gasteiger partial charge >= 0.3 is 0 Å². The molecular weight excluding hydrogens is 156 g/mol. The zero-order valence-corrected chi connectivity index (χ0v) is 9.80. The van der Waals surface area contributed by atoms with Crippen LogP contribution in [-0.4, -0.2) is 0 Å². The van der Waals surface area contributed by atoms with Crippen LogP contribution in [0.5, 0.6) is 0 Å². The molecule has 0 aromatic heterocycles. The Balaban J connectivity index is 3.96. The van der Waals surface area contributed by atoms with Gasteiger partial charge in [-0.2, -0.15) is 0 Å². The van der Waals surface area contributed by atoms with Crippen LogP contribution in [0.2, 0.25) is 0 Å². The molecule has 0 nitrogen and oxygen atoms in total. The smallest absolute Gasteiger partial charge is 0.0149 e. The first kappa shape index (κ1) is 12.5. The van der Waals surface area contributed by atoms with Crippen LogP contribution in [0.25, 0.3) is 0 Å². The Hall–Kier alpha value is -0.520. The third-order valence-electron chi connectivity index (χ3n) is 2.72. The van der Waals surface area contributed by atoms with E-state index in [2.05, 4.69) is 58.9 Å². The Kier molecular flexibility index (Phi) is 5.77. The van der Waals surface area contributed by atoms with Gasteiger partial charge in [-0.3, -0.25) is 0 Å². The fraction of sp³-hybridized carbons (Fsp3) is 0.692. The van der Waals surface area contributed by atoms with Gasteiger partial charge in [0.1, 0.15) is 0 Å². The van der Waals surface area contributed by atoms with Crippen molar-refractivity contribution in [3.8, 4) is 0 Å². The second kappa shape index (κ2) is 6.01. The number of rotatable bonds is 5. The summed E-state index contributed by atoms with van der Waals surface area (Å²) in [7, 11) is 0. The number of allylic oxidation sites excluding steroid dienone is 4. The Labute approximate surface area is 83.7 Å². The van der Waals surface area contributed by atoms with E-state index in [1.165, 1.54) is 12.8 Å². The maximum atomic E-state index is 2.30. The molecule has 0 N–H and O–H groups in total. The lowest BCUT2D eigenvalue weighted by Crippen LogP contribution is -2.15. The van der Waals surface area contributed by atoms with Gasteiger partial charge in [0, 0.05) is 0 Å². The predicted molar refractivity (Wildman–Crippen MR) is 61.8 cm³/mol. The molecule has 0 radical (unpaired) electrons. The summed E-state index contributed by atoms with van der Waals surface area (Å²) in [6.45, 7) is 11.3. The average molecular weight is 180 g/mol. The Morgan fingerprint density at radius 3 is 2.23 bits per heavy atom. The number of hydrogen-bond acceptors (Lipinski definition) is 0. The molecule has 0 amide bonds. The summed E-state index contributed by atoms with van der Waals surface area (Å²) in [6.07, 6.45) is 11.3. The molecule has 0 fully saturated rings. The van der Waals surface area contributed by atoms with E-state index in [0.717, 1.165) is 0 Å². The lowest BCUT2D eigenvalue weighted by atomic mass is 9.81. The number of unbranched alkanes of at least 4 members (excludes halogenated alkanes) is 1. The molecule has 0 aliphatic carbocycles. The van der Waals surface area contributed by atoms with Gasteiger partial charge in [-0.05, 0) is 17.8 Å². The minimum atomic E-state index is 0.316. The zero-order valence-electron chi connectivity index (χ0n) is 9.80. The van der Waals surface area contributed by atoms with Crippen molar-refractivity contribution in [3.63, 3.8) is 0 Å². The quantitative estimate of drug-likeness (QED) is 0.543. The molecule has 76 valence electrons. The lowest BCUT2D eigenvalue weighted by molar-refractivity contribution is 0.333. The van der Waals surface area contributed by atoms with Crippen LogP contribution in [0, 0.1) is 11.3 Å². The van der Waals surface area contributed by atoms with Gasteiger partial charge in [0.2, 0.25) is 0 Å². The molecule has 0 spiro atoms. The fourth-order valence-electron chi connectivity index (χ4n) is 0.837. The zero-order chi connectivity index (χ0) is 10.3. The summed E-state index contributed by atoms with van der Waals surface area (Å²) in [6, 6.07) is 0. The van der Waals surface area contributed by atoms with Crippen LogP contribution in [-0.2, 0) is 0 Å². The van der Waals surface area contributed by atoms with Gasteiger partial charge in [-0.25, -0.2) is 0 Å². The minimum absolute atomic E-state index is 0.316. The van der Waals surface area contributed by atoms with Crippen molar-refractivity contribution in [1.82, 2.24) is 0 Å². The third-order valence-corrected chi connectivity index (χ3v) is 2.72. The van der Waals surface area contributed by atoms with Gasteiger partial charge in [-0.15, -0.1) is 0 Å². The summed E-state index contributed by atoms with van der Waals surface area (Å²) in [5.41, 5.74) is 0.316. The molecule has 0 atom stereocenters. The highest BCUT2D eigenvalue weighted by atomic mass is 14.2. The first-order chi connectivity index (χ1) is 6.00. The van der Waals surface area contributed by atoms with E-state index in [0.29, 0.717) is 11.3 Å². The molecule has 0 bridgehead atoms. The second-order valence-electron chi connectivity index (χ2n) is 4.55. The van der Waals surface area contributed by atoms with Crippen LogP contribution >= 0.6 is 0 Å². The van der Waals surface area contributed by atoms with Crippen molar-refractivity contribution in [2.45, 2.75) is 47.5 Å². The van der Waals surface area contributed by atoms with Crippen LogP contribution in [0.1, 0.15) is 47.5 Å². The largest absolute Gasteiger partial charge is 0.0846 e. The van der Waals surface area contributed by atoms with E-state index >= 15 is 0 Å². The van der Waals surface area contributed by atoms with Gasteiger partial charge < -0.3 is 0 Å². The van der Waals surface area contributed by atoms with Crippen LogP contribution in [0.4, 0.5) is 0 Å². The molecular formula is C13H24.